The first-order valence-electron chi connectivity index (χ1n) is 5.26. The van der Waals surface area contributed by atoms with Gasteiger partial charge in [-0.05, 0) is 36.2 Å². The van der Waals surface area contributed by atoms with Gasteiger partial charge < -0.3 is 9.51 Å². The van der Waals surface area contributed by atoms with Crippen LogP contribution in [0.5, 0.6) is 0 Å². The Labute approximate surface area is 106 Å². The Balaban J connectivity index is 2.69. The van der Waals surface area contributed by atoms with E-state index in [-0.39, 0.29) is 5.56 Å². The standard InChI is InChI=1S/C11H12BrN3O2/c1-4-7-9(12)11(16)14-10(13-7)8-5(2)15-17-6(8)3/h4H2,1-3H3,(H,13,14,16). The molecule has 0 saturated carbocycles. The Morgan fingerprint density at radius 1 is 1.41 bits per heavy atom. The summed E-state index contributed by atoms with van der Waals surface area (Å²) in [5, 5.41) is 3.85. The molecule has 17 heavy (non-hydrogen) atoms. The molecule has 0 aliphatic heterocycles. The summed E-state index contributed by atoms with van der Waals surface area (Å²) < 4.78 is 5.55. The van der Waals surface area contributed by atoms with Gasteiger partial charge in [0.2, 0.25) is 0 Å². The number of aryl methyl sites for hydroxylation is 3. The molecule has 0 unspecified atom stereocenters. The van der Waals surface area contributed by atoms with E-state index in [1.54, 1.807) is 6.92 Å². The van der Waals surface area contributed by atoms with Crippen LogP contribution >= 0.6 is 15.9 Å². The molecule has 0 atom stereocenters. The predicted octanol–water partition coefficient (Wildman–Crippen LogP) is 2.37. The zero-order valence-corrected chi connectivity index (χ0v) is 11.4. The van der Waals surface area contributed by atoms with Crippen molar-refractivity contribution in [3.05, 3.63) is 32.0 Å². The van der Waals surface area contributed by atoms with Gasteiger partial charge in [-0.1, -0.05) is 12.1 Å². The molecule has 0 amide bonds. The van der Waals surface area contributed by atoms with Gasteiger partial charge in [0, 0.05) is 0 Å². The molecular weight excluding hydrogens is 286 g/mol. The lowest BCUT2D eigenvalue weighted by molar-refractivity contribution is 0.393. The van der Waals surface area contributed by atoms with Crippen LogP contribution in [0, 0.1) is 13.8 Å². The summed E-state index contributed by atoms with van der Waals surface area (Å²) in [5.41, 5.74) is 2.01. The summed E-state index contributed by atoms with van der Waals surface area (Å²) in [6.07, 6.45) is 0.681. The van der Waals surface area contributed by atoms with Gasteiger partial charge in [0.25, 0.3) is 5.56 Å². The van der Waals surface area contributed by atoms with Crippen LogP contribution in [0.4, 0.5) is 0 Å². The van der Waals surface area contributed by atoms with Crippen molar-refractivity contribution >= 4 is 15.9 Å². The Morgan fingerprint density at radius 3 is 2.65 bits per heavy atom. The summed E-state index contributed by atoms with van der Waals surface area (Å²) in [6, 6.07) is 0. The highest BCUT2D eigenvalue weighted by molar-refractivity contribution is 9.10. The molecule has 2 aromatic rings. The second-order valence-corrected chi connectivity index (χ2v) is 4.52. The summed E-state index contributed by atoms with van der Waals surface area (Å²) >= 11 is 3.23. The first-order valence-corrected chi connectivity index (χ1v) is 6.05. The van der Waals surface area contributed by atoms with Crippen molar-refractivity contribution in [2.24, 2.45) is 0 Å². The number of H-pyrrole nitrogens is 1. The number of aromatic amines is 1. The van der Waals surface area contributed by atoms with E-state index in [1.807, 2.05) is 13.8 Å². The van der Waals surface area contributed by atoms with E-state index in [4.69, 9.17) is 4.52 Å². The number of hydrogen-bond acceptors (Lipinski definition) is 4. The summed E-state index contributed by atoms with van der Waals surface area (Å²) in [4.78, 5) is 18.9. The first kappa shape index (κ1) is 12.0. The van der Waals surface area contributed by atoms with Gasteiger partial charge in [0.05, 0.1) is 17.0 Å². The Morgan fingerprint density at radius 2 is 2.12 bits per heavy atom. The smallest absolute Gasteiger partial charge is 0.265 e. The zero-order valence-electron chi connectivity index (χ0n) is 9.80. The number of hydrogen-bond donors (Lipinski definition) is 1. The lowest BCUT2D eigenvalue weighted by atomic mass is 10.2. The van der Waals surface area contributed by atoms with Crippen LogP contribution in [0.25, 0.3) is 11.4 Å². The molecule has 2 heterocycles. The van der Waals surface area contributed by atoms with E-state index in [9.17, 15) is 4.79 Å². The van der Waals surface area contributed by atoms with E-state index >= 15 is 0 Å². The zero-order chi connectivity index (χ0) is 12.6. The van der Waals surface area contributed by atoms with E-state index < -0.39 is 0 Å². The third kappa shape index (κ3) is 2.04. The average molecular weight is 298 g/mol. The second-order valence-electron chi connectivity index (χ2n) is 3.73. The quantitative estimate of drug-likeness (QED) is 0.924. The molecule has 0 bridgehead atoms. The van der Waals surface area contributed by atoms with Gasteiger partial charge >= 0.3 is 0 Å². The molecule has 5 nitrogen and oxygen atoms in total. The lowest BCUT2D eigenvalue weighted by Gasteiger charge is -2.04. The van der Waals surface area contributed by atoms with E-state index in [1.165, 1.54) is 0 Å². The van der Waals surface area contributed by atoms with E-state index in [0.717, 1.165) is 17.0 Å². The monoisotopic (exact) mass is 297 g/mol. The molecule has 0 aliphatic rings. The van der Waals surface area contributed by atoms with Crippen molar-refractivity contribution < 1.29 is 4.52 Å². The maximum absolute atomic E-state index is 11.7. The fraction of sp³-hybridized carbons (Fsp3) is 0.364. The maximum atomic E-state index is 11.7. The van der Waals surface area contributed by atoms with Crippen molar-refractivity contribution in [1.29, 1.82) is 0 Å². The summed E-state index contributed by atoms with van der Waals surface area (Å²) in [6.45, 7) is 5.56. The molecule has 0 spiro atoms. The third-order valence-corrected chi connectivity index (χ3v) is 3.35. The van der Waals surface area contributed by atoms with Crippen LogP contribution in [0.15, 0.2) is 13.8 Å². The van der Waals surface area contributed by atoms with Crippen LogP contribution in [-0.2, 0) is 6.42 Å². The highest BCUT2D eigenvalue weighted by Crippen LogP contribution is 2.24. The van der Waals surface area contributed by atoms with Gasteiger partial charge in [0.15, 0.2) is 0 Å². The van der Waals surface area contributed by atoms with Crippen molar-refractivity contribution in [1.82, 2.24) is 15.1 Å². The SMILES string of the molecule is CCc1nc(-c2c(C)noc2C)[nH]c(=O)c1Br. The van der Waals surface area contributed by atoms with Gasteiger partial charge in [-0.15, -0.1) is 0 Å². The molecule has 90 valence electrons. The fourth-order valence-corrected chi connectivity index (χ4v) is 2.15. The van der Waals surface area contributed by atoms with E-state index in [2.05, 4.69) is 31.1 Å². The molecular formula is C11H12BrN3O2. The third-order valence-electron chi connectivity index (χ3n) is 2.54. The second kappa shape index (κ2) is 4.44. The normalized spacial score (nSPS) is 10.8. The molecule has 6 heteroatoms. The molecule has 0 saturated heterocycles. The van der Waals surface area contributed by atoms with Crippen LogP contribution in [0.3, 0.4) is 0 Å². The molecule has 0 aliphatic carbocycles. The number of rotatable bonds is 2. The molecule has 0 radical (unpaired) electrons. The maximum Gasteiger partial charge on any atom is 0.265 e. The van der Waals surface area contributed by atoms with Crippen LogP contribution in [0.1, 0.15) is 24.1 Å². The largest absolute Gasteiger partial charge is 0.361 e. The van der Waals surface area contributed by atoms with Gasteiger partial charge in [0.1, 0.15) is 16.1 Å². The van der Waals surface area contributed by atoms with Crippen molar-refractivity contribution in [3.63, 3.8) is 0 Å². The number of aromatic nitrogens is 3. The Hall–Kier alpha value is -1.43. The average Bonchev–Trinajstić information content (AvgIpc) is 2.62. The molecule has 0 fully saturated rings. The number of halogens is 1. The first-order chi connectivity index (χ1) is 8.04. The Kier molecular flexibility index (Phi) is 3.15. The predicted molar refractivity (Wildman–Crippen MR) is 66.9 cm³/mol. The number of nitrogens with zero attached hydrogens (tertiary/aromatic N) is 2. The topological polar surface area (TPSA) is 71.8 Å². The molecule has 1 N–H and O–H groups in total. The molecule has 2 rings (SSSR count). The highest BCUT2D eigenvalue weighted by Gasteiger charge is 2.16. The molecule has 2 aromatic heterocycles. The van der Waals surface area contributed by atoms with Crippen LogP contribution < -0.4 is 5.56 Å². The fourth-order valence-electron chi connectivity index (χ4n) is 1.68. The lowest BCUT2D eigenvalue weighted by Crippen LogP contribution is -2.13. The van der Waals surface area contributed by atoms with Crippen LogP contribution in [0.2, 0.25) is 0 Å². The summed E-state index contributed by atoms with van der Waals surface area (Å²) in [5.74, 6) is 1.15. The Bertz CT molecular complexity index is 596. The van der Waals surface area contributed by atoms with E-state index in [0.29, 0.717) is 22.5 Å². The molecule has 0 aromatic carbocycles. The minimum absolute atomic E-state index is 0.188. The van der Waals surface area contributed by atoms with Crippen molar-refractivity contribution in [2.75, 3.05) is 0 Å². The van der Waals surface area contributed by atoms with Gasteiger partial charge in [-0.2, -0.15) is 0 Å². The summed E-state index contributed by atoms with van der Waals surface area (Å²) in [7, 11) is 0. The van der Waals surface area contributed by atoms with Gasteiger partial charge in [-0.3, -0.25) is 4.79 Å². The van der Waals surface area contributed by atoms with Crippen molar-refractivity contribution in [2.45, 2.75) is 27.2 Å². The van der Waals surface area contributed by atoms with Crippen LogP contribution in [-0.4, -0.2) is 15.1 Å². The number of nitrogens with one attached hydrogen (secondary N) is 1. The highest BCUT2D eigenvalue weighted by atomic mass is 79.9. The minimum atomic E-state index is -0.188. The minimum Gasteiger partial charge on any atom is -0.361 e. The van der Waals surface area contributed by atoms with Gasteiger partial charge in [-0.25, -0.2) is 4.98 Å². The van der Waals surface area contributed by atoms with Crippen molar-refractivity contribution in [3.8, 4) is 11.4 Å².